The average Bonchev–Trinajstić information content (AvgIpc) is 3.00. The van der Waals surface area contributed by atoms with Gasteiger partial charge in [0.05, 0.1) is 34.8 Å². The van der Waals surface area contributed by atoms with E-state index in [4.69, 9.17) is 4.74 Å². The summed E-state index contributed by atoms with van der Waals surface area (Å²) in [6.45, 7) is 1.84. The van der Waals surface area contributed by atoms with Gasteiger partial charge in [-0.25, -0.2) is 23.0 Å². The Bertz CT molecular complexity index is 1200. The zero-order valence-electron chi connectivity index (χ0n) is 15.8. The minimum Gasteiger partial charge on any atom is -0.465 e. The van der Waals surface area contributed by atoms with E-state index in [2.05, 4.69) is 20.3 Å². The highest BCUT2D eigenvalue weighted by molar-refractivity contribution is 7.92. The molecule has 0 bridgehead atoms. The molecule has 0 aliphatic carbocycles. The lowest BCUT2D eigenvalue weighted by Crippen LogP contribution is -2.21. The molecule has 0 unspecified atom stereocenters. The number of thiazole rings is 1. The van der Waals surface area contributed by atoms with Crippen LogP contribution in [0.25, 0.3) is 10.2 Å². The van der Waals surface area contributed by atoms with Gasteiger partial charge in [0, 0.05) is 5.69 Å². The van der Waals surface area contributed by atoms with Gasteiger partial charge in [0.15, 0.2) is 5.13 Å². The molecule has 3 N–H and O–H groups in total. The molecule has 0 aliphatic rings. The highest BCUT2D eigenvalue weighted by Gasteiger charge is 2.15. The van der Waals surface area contributed by atoms with Crippen molar-refractivity contribution in [3.63, 3.8) is 0 Å². The molecule has 3 rings (SSSR count). The molecule has 0 atom stereocenters. The van der Waals surface area contributed by atoms with Gasteiger partial charge in [0.2, 0.25) is 10.0 Å². The Hall–Kier alpha value is -3.18. The number of hydrogen-bond donors (Lipinski definition) is 3. The summed E-state index contributed by atoms with van der Waals surface area (Å²) in [5.41, 5.74) is 2.51. The summed E-state index contributed by atoms with van der Waals surface area (Å²) in [6.07, 6.45) is 1.05. The largest absolute Gasteiger partial charge is 0.465 e. The number of nitrogens with one attached hydrogen (secondary N) is 3. The molecule has 0 fully saturated rings. The number of carbonyl (C=O) groups excluding carboxylic acids is 2. The highest BCUT2D eigenvalue weighted by atomic mass is 32.2. The molecule has 0 spiro atoms. The fourth-order valence-corrected chi connectivity index (χ4v) is 4.28. The number of esters is 1. The second-order valence-electron chi connectivity index (χ2n) is 6.20. The van der Waals surface area contributed by atoms with Crippen molar-refractivity contribution >= 4 is 60.1 Å². The summed E-state index contributed by atoms with van der Waals surface area (Å²) in [5, 5.41) is 5.57. The smallest absolute Gasteiger partial charge is 0.339 e. The molecule has 0 aliphatic heterocycles. The Balaban J connectivity index is 1.78. The average molecular weight is 434 g/mol. The lowest BCUT2D eigenvalue weighted by atomic mass is 10.1. The summed E-state index contributed by atoms with van der Waals surface area (Å²) < 4.78 is 30.4. The number of sulfonamides is 1. The number of nitrogens with zero attached hydrogens (tertiary/aromatic N) is 1. The topological polar surface area (TPSA) is 126 Å². The first-order chi connectivity index (χ1) is 13.6. The van der Waals surface area contributed by atoms with Crippen LogP contribution in [0.5, 0.6) is 0 Å². The van der Waals surface area contributed by atoms with E-state index < -0.39 is 22.0 Å². The molecule has 0 saturated heterocycles. The van der Waals surface area contributed by atoms with Crippen molar-refractivity contribution in [2.75, 3.05) is 28.7 Å². The van der Waals surface area contributed by atoms with Gasteiger partial charge in [0.1, 0.15) is 0 Å². The van der Waals surface area contributed by atoms with Crippen molar-refractivity contribution in [3.8, 4) is 0 Å². The second-order valence-corrected chi connectivity index (χ2v) is 8.97. The zero-order valence-corrected chi connectivity index (χ0v) is 17.4. The van der Waals surface area contributed by atoms with E-state index in [-0.39, 0.29) is 10.7 Å². The molecule has 1 aromatic heterocycles. The number of rotatable bonds is 5. The molecule has 1 heterocycles. The van der Waals surface area contributed by atoms with Crippen molar-refractivity contribution in [2.24, 2.45) is 0 Å². The molecule has 152 valence electrons. The van der Waals surface area contributed by atoms with Crippen molar-refractivity contribution in [2.45, 2.75) is 6.92 Å². The first-order valence-electron chi connectivity index (χ1n) is 8.30. The Kier molecular flexibility index (Phi) is 5.71. The molecule has 0 radical (unpaired) electrons. The summed E-state index contributed by atoms with van der Waals surface area (Å²) >= 11 is 1.15. The van der Waals surface area contributed by atoms with E-state index in [1.54, 1.807) is 36.4 Å². The van der Waals surface area contributed by atoms with E-state index in [1.807, 2.05) is 6.92 Å². The zero-order chi connectivity index (χ0) is 21.2. The van der Waals surface area contributed by atoms with E-state index in [0.717, 1.165) is 23.2 Å². The standard InChI is InChI=1S/C18H18N4O5S2/c1-10-4-6-12(16(23)27-2)14(8-10)20-17(24)19-11-5-7-13-15(9-11)28-18(21-13)22-29(3,25)26/h4-9H,1-3H3,(H,21,22)(H2,19,20,24). The number of methoxy groups -OCH3 is 1. The minimum absolute atomic E-state index is 0.239. The third-order valence-electron chi connectivity index (χ3n) is 3.75. The highest BCUT2D eigenvalue weighted by Crippen LogP contribution is 2.29. The number of carbonyl (C=O) groups is 2. The molecule has 9 nitrogen and oxygen atoms in total. The fourth-order valence-electron chi connectivity index (χ4n) is 2.54. The van der Waals surface area contributed by atoms with E-state index in [0.29, 0.717) is 21.6 Å². The molecular weight excluding hydrogens is 416 g/mol. The molecule has 2 aromatic carbocycles. The molecular formula is C18H18N4O5S2. The van der Waals surface area contributed by atoms with Gasteiger partial charge in [-0.05, 0) is 42.8 Å². The van der Waals surface area contributed by atoms with Crippen LogP contribution in [-0.2, 0) is 14.8 Å². The molecule has 0 saturated carbocycles. The maximum Gasteiger partial charge on any atom is 0.339 e. The molecule has 2 amide bonds. The lowest BCUT2D eigenvalue weighted by molar-refractivity contribution is 0.0602. The number of amides is 2. The number of ether oxygens (including phenoxy) is 1. The molecule has 29 heavy (non-hydrogen) atoms. The normalized spacial score (nSPS) is 11.1. The summed E-state index contributed by atoms with van der Waals surface area (Å²) in [4.78, 5) is 28.5. The third-order valence-corrected chi connectivity index (χ3v) is 5.37. The van der Waals surface area contributed by atoms with Gasteiger partial charge >= 0.3 is 12.0 Å². The van der Waals surface area contributed by atoms with E-state index >= 15 is 0 Å². The van der Waals surface area contributed by atoms with Crippen molar-refractivity contribution in [1.29, 1.82) is 0 Å². The maximum atomic E-state index is 12.4. The van der Waals surface area contributed by atoms with Crippen molar-refractivity contribution in [3.05, 3.63) is 47.5 Å². The Morgan fingerprint density at radius 2 is 1.86 bits per heavy atom. The first-order valence-corrected chi connectivity index (χ1v) is 11.0. The van der Waals surface area contributed by atoms with Crippen LogP contribution in [0.1, 0.15) is 15.9 Å². The number of benzene rings is 2. The van der Waals surface area contributed by atoms with Crippen LogP contribution in [0.15, 0.2) is 36.4 Å². The van der Waals surface area contributed by atoms with Crippen LogP contribution in [0.2, 0.25) is 0 Å². The number of aromatic nitrogens is 1. The Morgan fingerprint density at radius 3 is 2.55 bits per heavy atom. The number of anilines is 3. The predicted octanol–water partition coefficient (Wildman–Crippen LogP) is 3.41. The summed E-state index contributed by atoms with van der Waals surface area (Å²) in [5.74, 6) is -0.558. The van der Waals surface area contributed by atoms with E-state index in [9.17, 15) is 18.0 Å². The van der Waals surface area contributed by atoms with Gasteiger partial charge < -0.3 is 15.4 Å². The van der Waals surface area contributed by atoms with Crippen LogP contribution < -0.4 is 15.4 Å². The maximum absolute atomic E-state index is 12.4. The molecule has 11 heteroatoms. The predicted molar refractivity (Wildman–Crippen MR) is 113 cm³/mol. The van der Waals surface area contributed by atoms with Gasteiger partial charge in [-0.2, -0.15) is 0 Å². The van der Waals surface area contributed by atoms with Crippen LogP contribution in [0.3, 0.4) is 0 Å². The van der Waals surface area contributed by atoms with Gasteiger partial charge in [-0.15, -0.1) is 0 Å². The van der Waals surface area contributed by atoms with Crippen molar-refractivity contribution < 1.29 is 22.7 Å². The van der Waals surface area contributed by atoms with Crippen LogP contribution >= 0.6 is 11.3 Å². The van der Waals surface area contributed by atoms with Gasteiger partial charge in [0.25, 0.3) is 0 Å². The second kappa shape index (κ2) is 8.05. The van der Waals surface area contributed by atoms with Crippen molar-refractivity contribution in [1.82, 2.24) is 4.98 Å². The Labute approximate surface area is 171 Å². The third kappa shape index (κ3) is 5.21. The lowest BCUT2D eigenvalue weighted by Gasteiger charge is -2.12. The van der Waals surface area contributed by atoms with Crippen LogP contribution in [0.4, 0.5) is 21.3 Å². The SMILES string of the molecule is COC(=O)c1ccc(C)cc1NC(=O)Nc1ccc2nc(NS(C)(=O)=O)sc2c1. The summed E-state index contributed by atoms with van der Waals surface area (Å²) in [6, 6.07) is 9.44. The summed E-state index contributed by atoms with van der Waals surface area (Å²) in [7, 11) is -2.16. The van der Waals surface area contributed by atoms with Crippen LogP contribution in [0, 0.1) is 6.92 Å². The first kappa shape index (κ1) is 20.6. The van der Waals surface area contributed by atoms with Gasteiger partial charge in [-0.3, -0.25) is 4.72 Å². The number of aryl methyl sites for hydroxylation is 1. The fraction of sp³-hybridized carbons (Fsp3) is 0.167. The Morgan fingerprint density at radius 1 is 1.10 bits per heavy atom. The number of hydrogen-bond acceptors (Lipinski definition) is 7. The van der Waals surface area contributed by atoms with Crippen LogP contribution in [-0.4, -0.2) is 38.8 Å². The van der Waals surface area contributed by atoms with E-state index in [1.165, 1.54) is 7.11 Å². The van der Waals surface area contributed by atoms with Gasteiger partial charge in [-0.1, -0.05) is 17.4 Å². The quantitative estimate of drug-likeness (QED) is 0.528. The minimum atomic E-state index is -3.43. The molecule has 3 aromatic rings. The monoisotopic (exact) mass is 434 g/mol. The number of fused-ring (bicyclic) bond motifs is 1. The number of urea groups is 1.